The number of alkyl halides is 3. The molecule has 0 amide bonds. The third kappa shape index (κ3) is 7.01. The third-order valence-electron chi connectivity index (χ3n) is 14.4. The van der Waals surface area contributed by atoms with Crippen molar-refractivity contribution in [3.63, 3.8) is 0 Å². The van der Waals surface area contributed by atoms with E-state index < -0.39 is 52.5 Å². The van der Waals surface area contributed by atoms with Crippen LogP contribution in [-0.2, 0) is 39.3 Å². The lowest BCUT2D eigenvalue weighted by atomic mass is 9.43. The van der Waals surface area contributed by atoms with E-state index in [0.717, 1.165) is 56.6 Å². The van der Waals surface area contributed by atoms with Gasteiger partial charge in [-0.3, -0.25) is 0 Å². The van der Waals surface area contributed by atoms with Gasteiger partial charge in [0.2, 0.25) is 0 Å². The molecule has 1 aromatic rings. The Balaban J connectivity index is 1.23. The molecular formula is C42H63F3O9. The van der Waals surface area contributed by atoms with E-state index in [0.29, 0.717) is 43.6 Å². The van der Waals surface area contributed by atoms with Crippen LogP contribution in [0.3, 0.4) is 0 Å². The fourth-order valence-corrected chi connectivity index (χ4v) is 11.5. The zero-order chi connectivity index (χ0) is 39.2. The number of fused-ring (bicyclic) bond motifs is 5. The number of benzene rings is 1. The van der Waals surface area contributed by atoms with Gasteiger partial charge in [0, 0.05) is 32.3 Å². The summed E-state index contributed by atoms with van der Waals surface area (Å²) >= 11 is 0. The number of aliphatic hydroxyl groups is 2. The largest absolute Gasteiger partial charge is 0.416 e. The molecule has 2 unspecified atom stereocenters. The van der Waals surface area contributed by atoms with Crippen molar-refractivity contribution in [3.8, 4) is 0 Å². The van der Waals surface area contributed by atoms with Crippen molar-refractivity contribution in [3.05, 3.63) is 41.5 Å². The molecule has 306 valence electrons. The molecular weight excluding hydrogens is 705 g/mol. The van der Waals surface area contributed by atoms with E-state index in [1.54, 1.807) is 13.0 Å². The Bertz CT molecular complexity index is 1470. The summed E-state index contributed by atoms with van der Waals surface area (Å²) in [5.41, 5.74) is -3.62. The van der Waals surface area contributed by atoms with Gasteiger partial charge in [0.15, 0.2) is 11.9 Å². The molecule has 6 rings (SSSR count). The summed E-state index contributed by atoms with van der Waals surface area (Å²) in [5.74, 6) is 0.880. The van der Waals surface area contributed by atoms with Crippen LogP contribution < -0.4 is 0 Å². The normalized spacial score (nSPS) is 42.2. The fraction of sp³-hybridized carbons (Fsp3) is 0.810. The van der Waals surface area contributed by atoms with E-state index in [4.69, 9.17) is 33.2 Å². The first-order chi connectivity index (χ1) is 25.6. The highest BCUT2D eigenvalue weighted by Crippen LogP contribution is 2.70. The Kier molecular flexibility index (Phi) is 12.4. The topological polar surface area (TPSA) is 105 Å². The second kappa shape index (κ2) is 16.0. The molecule has 1 heterocycles. The lowest BCUT2D eigenvalue weighted by Crippen LogP contribution is -2.75. The Morgan fingerprint density at radius 3 is 2.26 bits per heavy atom. The van der Waals surface area contributed by atoms with Crippen molar-refractivity contribution in [2.24, 2.45) is 28.6 Å². The number of ether oxygens (including phenoxy) is 7. The molecule has 0 spiro atoms. The van der Waals surface area contributed by atoms with Gasteiger partial charge in [0.1, 0.15) is 18.5 Å². The smallest absolute Gasteiger partial charge is 0.382 e. The number of halogens is 3. The van der Waals surface area contributed by atoms with E-state index in [9.17, 15) is 23.4 Å². The van der Waals surface area contributed by atoms with Crippen molar-refractivity contribution >= 4 is 5.57 Å². The molecule has 1 aliphatic heterocycles. The molecule has 0 bridgehead atoms. The molecule has 9 nitrogen and oxygen atoms in total. The summed E-state index contributed by atoms with van der Waals surface area (Å²) in [6.45, 7) is 13.1. The Morgan fingerprint density at radius 1 is 0.889 bits per heavy atom. The summed E-state index contributed by atoms with van der Waals surface area (Å²) < 4.78 is 84.5. The number of rotatable bonds is 14. The van der Waals surface area contributed by atoms with E-state index >= 15 is 0 Å². The molecule has 54 heavy (non-hydrogen) atoms. The molecule has 2 N–H and O–H groups in total. The third-order valence-corrected chi connectivity index (χ3v) is 14.4. The molecule has 3 saturated carbocycles. The Morgan fingerprint density at radius 2 is 1.59 bits per heavy atom. The van der Waals surface area contributed by atoms with Gasteiger partial charge in [-0.1, -0.05) is 32.1 Å². The summed E-state index contributed by atoms with van der Waals surface area (Å²) in [6.07, 6.45) is 1.27. The van der Waals surface area contributed by atoms with Crippen LogP contribution >= 0.6 is 0 Å². The summed E-state index contributed by atoms with van der Waals surface area (Å²) in [7, 11) is 1.46. The van der Waals surface area contributed by atoms with Gasteiger partial charge in [-0.15, -0.1) is 0 Å². The minimum Gasteiger partial charge on any atom is -0.382 e. The minimum atomic E-state index is -4.42. The summed E-state index contributed by atoms with van der Waals surface area (Å²) in [6, 6.07) is 5.74. The van der Waals surface area contributed by atoms with Crippen LogP contribution in [0.5, 0.6) is 0 Å². The van der Waals surface area contributed by atoms with Crippen LogP contribution in [0, 0.1) is 28.6 Å². The maximum Gasteiger partial charge on any atom is 0.416 e. The first-order valence-electron chi connectivity index (χ1n) is 20.1. The maximum atomic E-state index is 13.8. The van der Waals surface area contributed by atoms with Crippen molar-refractivity contribution < 1.29 is 56.5 Å². The Labute approximate surface area is 319 Å². The van der Waals surface area contributed by atoms with E-state index in [1.807, 2.05) is 20.8 Å². The lowest BCUT2D eigenvalue weighted by Gasteiger charge is -2.64. The van der Waals surface area contributed by atoms with Crippen molar-refractivity contribution in [1.29, 1.82) is 0 Å². The van der Waals surface area contributed by atoms with Crippen LogP contribution in [0.1, 0.15) is 104 Å². The Hall–Kier alpha value is -1.61. The van der Waals surface area contributed by atoms with Crippen molar-refractivity contribution in [1.82, 2.24) is 0 Å². The van der Waals surface area contributed by atoms with Crippen LogP contribution in [0.4, 0.5) is 13.2 Å². The zero-order valence-corrected chi connectivity index (χ0v) is 33.2. The fourth-order valence-electron chi connectivity index (χ4n) is 11.5. The molecule has 5 aliphatic rings. The zero-order valence-electron chi connectivity index (χ0n) is 33.2. The maximum absolute atomic E-state index is 13.8. The quantitative estimate of drug-likeness (QED) is 0.113. The predicted molar refractivity (Wildman–Crippen MR) is 196 cm³/mol. The van der Waals surface area contributed by atoms with Gasteiger partial charge in [-0.05, 0) is 125 Å². The average molecular weight is 769 g/mol. The number of methoxy groups -OCH3 is 1. The van der Waals surface area contributed by atoms with Crippen LogP contribution in [0.2, 0.25) is 0 Å². The lowest BCUT2D eigenvalue weighted by molar-refractivity contribution is -0.386. The van der Waals surface area contributed by atoms with E-state index in [-0.39, 0.29) is 37.4 Å². The SMILES string of the molecule is CCOCO[C@@]12CC=C(c3cccc(C(F)(F)F)c3)[C@@]1(C)CC[C@@H]1[C@H]2CCC2CC(O[C@@H]3O[C@H](C)[C@](O)(COCC)[C@H](OC)[C@]3(O)COCC)CC[C@@]21C. The average Bonchev–Trinajstić information content (AvgIpc) is 3.45. The summed E-state index contributed by atoms with van der Waals surface area (Å²) in [4.78, 5) is 0. The highest BCUT2D eigenvalue weighted by molar-refractivity contribution is 5.75. The van der Waals surface area contributed by atoms with E-state index in [2.05, 4.69) is 19.9 Å². The molecule has 0 radical (unpaired) electrons. The molecule has 1 saturated heterocycles. The molecule has 12 heteroatoms. The van der Waals surface area contributed by atoms with E-state index in [1.165, 1.54) is 19.2 Å². The van der Waals surface area contributed by atoms with Crippen molar-refractivity contribution in [2.75, 3.05) is 46.9 Å². The van der Waals surface area contributed by atoms with Gasteiger partial charge in [-0.2, -0.15) is 13.2 Å². The molecule has 4 fully saturated rings. The molecule has 0 aromatic heterocycles. The standard InChI is InChI=1S/C42H63F3O9/c1-8-49-24-39(46)27(4)53-36(40(47,25-50-9-2)35(39)48-7)54-31-16-19-37(5)29(23-31)14-15-34-33(37)17-20-38(6)32(18-21-41(34,38)52-26-51-10-3)28-12-11-13-30(22-28)42(43,44)45/h11-13,18,22,27,29,31,33-36,46-47H,8-10,14-17,19-21,23-26H2,1-7H3/t27-,29?,31?,33-,34-,35+,36+,37+,38-,39-,40-,41-/m1/s1. The van der Waals surface area contributed by atoms with Gasteiger partial charge < -0.3 is 43.4 Å². The highest BCUT2D eigenvalue weighted by atomic mass is 19.4. The number of hydrogen-bond donors (Lipinski definition) is 2. The second-order valence-electron chi connectivity index (χ2n) is 16.9. The molecule has 12 atom stereocenters. The molecule has 1 aromatic carbocycles. The predicted octanol–water partition coefficient (Wildman–Crippen LogP) is 7.55. The van der Waals surface area contributed by atoms with Crippen molar-refractivity contribution in [2.45, 2.75) is 140 Å². The summed E-state index contributed by atoms with van der Waals surface area (Å²) in [5, 5.41) is 24.0. The first kappa shape index (κ1) is 42.0. The highest BCUT2D eigenvalue weighted by Gasteiger charge is 2.68. The second-order valence-corrected chi connectivity index (χ2v) is 16.9. The van der Waals surface area contributed by atoms with Gasteiger partial charge in [0.05, 0.1) is 36.6 Å². The first-order valence-corrected chi connectivity index (χ1v) is 20.1. The molecule has 4 aliphatic carbocycles. The number of hydrogen-bond acceptors (Lipinski definition) is 9. The van der Waals surface area contributed by atoms with Gasteiger partial charge in [0.25, 0.3) is 0 Å². The van der Waals surface area contributed by atoms with Crippen LogP contribution in [0.25, 0.3) is 5.57 Å². The monoisotopic (exact) mass is 768 g/mol. The van der Waals surface area contributed by atoms with Gasteiger partial charge >= 0.3 is 6.18 Å². The minimum absolute atomic E-state index is 0.0137. The van der Waals surface area contributed by atoms with Crippen LogP contribution in [-0.4, -0.2) is 98.6 Å². The van der Waals surface area contributed by atoms with Gasteiger partial charge in [-0.25, -0.2) is 0 Å². The van der Waals surface area contributed by atoms with Crippen LogP contribution in [0.15, 0.2) is 30.3 Å².